The molecule has 0 aromatic carbocycles. The van der Waals surface area contributed by atoms with Crippen molar-refractivity contribution in [3.8, 4) is 5.88 Å². The number of rotatable bonds is 5. The second-order valence-electron chi connectivity index (χ2n) is 6.47. The summed E-state index contributed by atoms with van der Waals surface area (Å²) < 4.78 is 11.0. The van der Waals surface area contributed by atoms with Crippen LogP contribution >= 0.6 is 0 Å². The zero-order chi connectivity index (χ0) is 16.4. The Balaban J connectivity index is 1.28. The van der Waals surface area contributed by atoms with Gasteiger partial charge in [0.05, 0.1) is 19.3 Å². The maximum atomic E-state index is 5.88. The fourth-order valence-corrected chi connectivity index (χ4v) is 3.48. The van der Waals surface area contributed by atoms with E-state index in [1.165, 1.54) is 18.4 Å². The highest BCUT2D eigenvalue weighted by Gasteiger charge is 2.23. The van der Waals surface area contributed by atoms with E-state index in [4.69, 9.17) is 9.15 Å². The smallest absolute Gasteiger partial charge is 0.218 e. The Hall–Kier alpha value is -2.15. The minimum Gasteiger partial charge on any atom is -0.481 e. The first-order valence-electron chi connectivity index (χ1n) is 8.62. The average Bonchev–Trinajstić information content (AvgIpc) is 3.18. The molecule has 2 aromatic heterocycles. The number of fused-ring (bicyclic) bond motifs is 1. The summed E-state index contributed by atoms with van der Waals surface area (Å²) in [6.45, 7) is 2.89. The largest absolute Gasteiger partial charge is 0.481 e. The standard InChI is InChI=1S/C17H23N5O2/c1-23-16-9-15(18-11-19-16)20-12-5-7-22(8-6-12)10-17-21-13-3-2-4-14(13)24-17/h9,11-12H,2-8,10H2,1H3,(H,18,19,20). The number of anilines is 1. The number of likely N-dealkylation sites (tertiary alicyclic amines) is 1. The van der Waals surface area contributed by atoms with Crippen molar-refractivity contribution in [3.05, 3.63) is 29.7 Å². The van der Waals surface area contributed by atoms with Crippen LogP contribution in [-0.4, -0.2) is 46.1 Å². The van der Waals surface area contributed by atoms with Crippen LogP contribution in [0.5, 0.6) is 5.88 Å². The van der Waals surface area contributed by atoms with Gasteiger partial charge in [-0.1, -0.05) is 0 Å². The lowest BCUT2D eigenvalue weighted by Crippen LogP contribution is -2.38. The molecule has 1 N–H and O–H groups in total. The molecule has 0 spiro atoms. The molecular weight excluding hydrogens is 306 g/mol. The molecule has 0 atom stereocenters. The number of oxazole rings is 1. The highest BCUT2D eigenvalue weighted by Crippen LogP contribution is 2.24. The van der Waals surface area contributed by atoms with Gasteiger partial charge < -0.3 is 14.5 Å². The van der Waals surface area contributed by atoms with Crippen molar-refractivity contribution >= 4 is 5.82 Å². The minimum atomic E-state index is 0.426. The third-order valence-electron chi connectivity index (χ3n) is 4.79. The van der Waals surface area contributed by atoms with E-state index in [1.54, 1.807) is 7.11 Å². The molecule has 0 saturated carbocycles. The minimum absolute atomic E-state index is 0.426. The van der Waals surface area contributed by atoms with E-state index in [0.29, 0.717) is 11.9 Å². The molecule has 0 amide bonds. The number of ether oxygens (including phenoxy) is 1. The highest BCUT2D eigenvalue weighted by molar-refractivity contribution is 5.38. The Labute approximate surface area is 141 Å². The molecule has 1 aliphatic heterocycles. The molecule has 0 radical (unpaired) electrons. The second-order valence-corrected chi connectivity index (χ2v) is 6.47. The summed E-state index contributed by atoms with van der Waals surface area (Å²) in [4.78, 5) is 15.3. The van der Waals surface area contributed by atoms with Crippen LogP contribution in [0.2, 0.25) is 0 Å². The molecule has 4 rings (SSSR count). The molecule has 3 heterocycles. The zero-order valence-electron chi connectivity index (χ0n) is 14.0. The molecule has 1 saturated heterocycles. The number of aromatic nitrogens is 3. The number of nitrogens with one attached hydrogen (secondary N) is 1. The number of nitrogens with zero attached hydrogens (tertiary/aromatic N) is 4. The predicted molar refractivity (Wildman–Crippen MR) is 89.0 cm³/mol. The first kappa shape index (κ1) is 15.4. The van der Waals surface area contributed by atoms with Crippen LogP contribution in [0.15, 0.2) is 16.8 Å². The Morgan fingerprint density at radius 1 is 1.29 bits per heavy atom. The van der Waals surface area contributed by atoms with Crippen molar-refractivity contribution in [1.82, 2.24) is 19.9 Å². The number of hydrogen-bond donors (Lipinski definition) is 1. The fourth-order valence-electron chi connectivity index (χ4n) is 3.48. The molecule has 0 bridgehead atoms. The zero-order valence-corrected chi connectivity index (χ0v) is 14.0. The molecule has 128 valence electrons. The number of methoxy groups -OCH3 is 1. The first-order valence-corrected chi connectivity index (χ1v) is 8.62. The number of hydrogen-bond acceptors (Lipinski definition) is 7. The molecular formula is C17H23N5O2. The van der Waals surface area contributed by atoms with Gasteiger partial charge in [-0.3, -0.25) is 4.90 Å². The van der Waals surface area contributed by atoms with Crippen molar-refractivity contribution in [2.75, 3.05) is 25.5 Å². The van der Waals surface area contributed by atoms with Crippen molar-refractivity contribution in [3.63, 3.8) is 0 Å². The van der Waals surface area contributed by atoms with Gasteiger partial charge in [-0.05, 0) is 25.7 Å². The SMILES string of the molecule is COc1cc(NC2CCN(Cc3nc4c(o3)CCC4)CC2)ncn1. The number of piperidine rings is 1. The third-order valence-corrected chi connectivity index (χ3v) is 4.79. The van der Waals surface area contributed by atoms with Gasteiger partial charge >= 0.3 is 0 Å². The second kappa shape index (κ2) is 6.76. The molecule has 7 nitrogen and oxygen atoms in total. The third kappa shape index (κ3) is 3.36. The Kier molecular flexibility index (Phi) is 4.34. The van der Waals surface area contributed by atoms with Gasteiger partial charge in [0.1, 0.15) is 17.9 Å². The van der Waals surface area contributed by atoms with Gasteiger partial charge in [0.2, 0.25) is 11.8 Å². The average molecular weight is 329 g/mol. The quantitative estimate of drug-likeness (QED) is 0.899. The van der Waals surface area contributed by atoms with Crippen LogP contribution in [0.25, 0.3) is 0 Å². The van der Waals surface area contributed by atoms with E-state index < -0.39 is 0 Å². The van der Waals surface area contributed by atoms with E-state index in [0.717, 1.165) is 62.8 Å². The monoisotopic (exact) mass is 329 g/mol. The van der Waals surface area contributed by atoms with Crippen molar-refractivity contribution in [1.29, 1.82) is 0 Å². The van der Waals surface area contributed by atoms with Gasteiger partial charge in [0, 0.05) is 31.6 Å². The number of aryl methyl sites for hydroxylation is 2. The van der Waals surface area contributed by atoms with Crippen LogP contribution < -0.4 is 10.1 Å². The Bertz CT molecular complexity index is 673. The fraction of sp³-hybridized carbons (Fsp3) is 0.588. The first-order chi connectivity index (χ1) is 11.8. The summed E-state index contributed by atoms with van der Waals surface area (Å²) in [7, 11) is 1.61. The van der Waals surface area contributed by atoms with E-state index in [9.17, 15) is 0 Å². The lowest BCUT2D eigenvalue weighted by Gasteiger charge is -2.31. The molecule has 1 fully saturated rings. The summed E-state index contributed by atoms with van der Waals surface area (Å²) >= 11 is 0. The van der Waals surface area contributed by atoms with E-state index in [-0.39, 0.29) is 0 Å². The van der Waals surface area contributed by atoms with E-state index in [1.807, 2.05) is 6.07 Å². The maximum Gasteiger partial charge on any atom is 0.218 e. The summed E-state index contributed by atoms with van der Waals surface area (Å²) in [6.07, 6.45) is 6.99. The normalized spacial score (nSPS) is 18.5. The maximum absolute atomic E-state index is 5.88. The van der Waals surface area contributed by atoms with E-state index in [2.05, 4.69) is 25.2 Å². The van der Waals surface area contributed by atoms with Crippen LogP contribution in [0.1, 0.15) is 36.6 Å². The Morgan fingerprint density at radius 3 is 2.96 bits per heavy atom. The van der Waals surface area contributed by atoms with Gasteiger partial charge in [0.15, 0.2) is 0 Å². The lowest BCUT2D eigenvalue weighted by atomic mass is 10.1. The summed E-state index contributed by atoms with van der Waals surface area (Å²) in [6, 6.07) is 2.26. The predicted octanol–water partition coefficient (Wildman–Crippen LogP) is 2.04. The highest BCUT2D eigenvalue weighted by atomic mass is 16.5. The van der Waals surface area contributed by atoms with Crippen LogP contribution in [0.4, 0.5) is 5.82 Å². The summed E-state index contributed by atoms with van der Waals surface area (Å²) in [5, 5.41) is 3.47. The van der Waals surface area contributed by atoms with E-state index >= 15 is 0 Å². The molecule has 2 aromatic rings. The molecule has 0 unspecified atom stereocenters. The van der Waals surface area contributed by atoms with Gasteiger partial charge in [-0.15, -0.1) is 0 Å². The van der Waals surface area contributed by atoms with Crippen LogP contribution in [0.3, 0.4) is 0 Å². The molecule has 2 aliphatic rings. The summed E-state index contributed by atoms with van der Waals surface area (Å²) in [5.41, 5.74) is 1.18. The van der Waals surface area contributed by atoms with Gasteiger partial charge in [-0.2, -0.15) is 0 Å². The van der Waals surface area contributed by atoms with Crippen LogP contribution in [-0.2, 0) is 19.4 Å². The molecule has 7 heteroatoms. The van der Waals surface area contributed by atoms with Crippen molar-refractivity contribution in [2.24, 2.45) is 0 Å². The van der Waals surface area contributed by atoms with Gasteiger partial charge in [0.25, 0.3) is 0 Å². The van der Waals surface area contributed by atoms with Crippen LogP contribution in [0, 0.1) is 0 Å². The van der Waals surface area contributed by atoms with Crippen molar-refractivity contribution < 1.29 is 9.15 Å². The van der Waals surface area contributed by atoms with Gasteiger partial charge in [-0.25, -0.2) is 15.0 Å². The summed E-state index contributed by atoms with van der Waals surface area (Å²) in [5.74, 6) is 3.40. The Morgan fingerprint density at radius 2 is 2.17 bits per heavy atom. The topological polar surface area (TPSA) is 76.3 Å². The molecule has 24 heavy (non-hydrogen) atoms. The molecule has 1 aliphatic carbocycles. The van der Waals surface area contributed by atoms with Crippen molar-refractivity contribution in [2.45, 2.75) is 44.7 Å². The lowest BCUT2D eigenvalue weighted by molar-refractivity contribution is 0.192.